The van der Waals surface area contributed by atoms with E-state index in [1.54, 1.807) is 0 Å². The van der Waals surface area contributed by atoms with Gasteiger partial charge in [0, 0.05) is 0 Å². The van der Waals surface area contributed by atoms with Crippen LogP contribution in [0, 0.1) is 5.92 Å². The summed E-state index contributed by atoms with van der Waals surface area (Å²) in [5, 5.41) is 0. The molecule has 1 amide bonds. The Morgan fingerprint density at radius 1 is 1.57 bits per heavy atom. The van der Waals surface area contributed by atoms with Crippen molar-refractivity contribution in [2.24, 2.45) is 11.8 Å². The Kier molecular flexibility index (Phi) is 4.90. The van der Waals surface area contributed by atoms with Gasteiger partial charge >= 0.3 is 0 Å². The number of hydrogen-bond donors (Lipinski definition) is 2. The minimum Gasteiger partial charge on any atom is -0.378 e. The number of hydrazine groups is 1. The third-order valence-electron chi connectivity index (χ3n) is 2.73. The van der Waals surface area contributed by atoms with Crippen molar-refractivity contribution in [1.82, 2.24) is 5.43 Å². The fourth-order valence-electron chi connectivity index (χ4n) is 1.92. The number of carbonyl (C=O) groups excluding carboxylic acids is 1. The highest BCUT2D eigenvalue weighted by Crippen LogP contribution is 2.25. The highest BCUT2D eigenvalue weighted by Gasteiger charge is 2.19. The Balaban J connectivity index is 2.08. The molecule has 1 rings (SSSR count). The standard InChI is InChI=1S/C10H20N2O2/c1-8-3-2-4-9(7-8)14-6-5-10(13)12-11/h8-9H,2-7,11H2,1H3,(H,12,13). The van der Waals surface area contributed by atoms with E-state index < -0.39 is 0 Å². The van der Waals surface area contributed by atoms with Gasteiger partial charge in [0.15, 0.2) is 0 Å². The van der Waals surface area contributed by atoms with E-state index in [9.17, 15) is 4.79 Å². The van der Waals surface area contributed by atoms with Gasteiger partial charge < -0.3 is 4.74 Å². The Hall–Kier alpha value is -0.610. The molecular weight excluding hydrogens is 180 g/mol. The first-order valence-electron chi connectivity index (χ1n) is 5.33. The molecule has 1 saturated carbocycles. The number of ether oxygens (including phenoxy) is 1. The zero-order valence-corrected chi connectivity index (χ0v) is 8.79. The van der Waals surface area contributed by atoms with Crippen LogP contribution in [0.3, 0.4) is 0 Å². The molecule has 0 aliphatic heterocycles. The lowest BCUT2D eigenvalue weighted by molar-refractivity contribution is -0.122. The number of nitrogens with one attached hydrogen (secondary N) is 1. The maximum atomic E-state index is 10.8. The molecule has 1 aliphatic rings. The van der Waals surface area contributed by atoms with Gasteiger partial charge in [-0.15, -0.1) is 0 Å². The van der Waals surface area contributed by atoms with Crippen LogP contribution in [0.25, 0.3) is 0 Å². The minimum atomic E-state index is -0.158. The average Bonchev–Trinajstić information content (AvgIpc) is 2.17. The van der Waals surface area contributed by atoms with Crippen LogP contribution in [-0.2, 0) is 9.53 Å². The summed E-state index contributed by atoms with van der Waals surface area (Å²) in [5.74, 6) is 5.56. The Bertz CT molecular complexity index is 185. The largest absolute Gasteiger partial charge is 0.378 e. The van der Waals surface area contributed by atoms with Crippen LogP contribution >= 0.6 is 0 Å². The highest BCUT2D eigenvalue weighted by atomic mass is 16.5. The number of amides is 1. The molecule has 2 atom stereocenters. The van der Waals surface area contributed by atoms with Crippen LogP contribution in [0.15, 0.2) is 0 Å². The van der Waals surface area contributed by atoms with Crippen molar-refractivity contribution < 1.29 is 9.53 Å². The van der Waals surface area contributed by atoms with E-state index >= 15 is 0 Å². The van der Waals surface area contributed by atoms with Crippen LogP contribution in [0.4, 0.5) is 0 Å². The van der Waals surface area contributed by atoms with E-state index in [2.05, 4.69) is 12.3 Å². The van der Waals surface area contributed by atoms with E-state index in [-0.39, 0.29) is 5.91 Å². The van der Waals surface area contributed by atoms with Gasteiger partial charge in [-0.05, 0) is 18.8 Å². The molecular formula is C10H20N2O2. The van der Waals surface area contributed by atoms with Crippen molar-refractivity contribution in [3.63, 3.8) is 0 Å². The van der Waals surface area contributed by atoms with Gasteiger partial charge in [-0.2, -0.15) is 0 Å². The first-order valence-corrected chi connectivity index (χ1v) is 5.33. The smallest absolute Gasteiger partial charge is 0.236 e. The normalized spacial score (nSPS) is 27.3. The molecule has 0 aromatic heterocycles. The quantitative estimate of drug-likeness (QED) is 0.403. The first-order chi connectivity index (χ1) is 6.72. The van der Waals surface area contributed by atoms with Crippen LogP contribution < -0.4 is 11.3 Å². The van der Waals surface area contributed by atoms with Crippen LogP contribution in [0.1, 0.15) is 39.0 Å². The lowest BCUT2D eigenvalue weighted by atomic mass is 9.89. The fourth-order valence-corrected chi connectivity index (χ4v) is 1.92. The van der Waals surface area contributed by atoms with Gasteiger partial charge in [-0.1, -0.05) is 19.8 Å². The molecule has 4 nitrogen and oxygen atoms in total. The summed E-state index contributed by atoms with van der Waals surface area (Å²) in [6.45, 7) is 2.74. The summed E-state index contributed by atoms with van der Waals surface area (Å²) in [4.78, 5) is 10.8. The first kappa shape index (κ1) is 11.5. The zero-order valence-electron chi connectivity index (χ0n) is 8.79. The number of carbonyl (C=O) groups is 1. The lowest BCUT2D eigenvalue weighted by Crippen LogP contribution is -2.31. The summed E-state index contributed by atoms with van der Waals surface area (Å²) in [6.07, 6.45) is 5.53. The molecule has 1 aliphatic carbocycles. The van der Waals surface area contributed by atoms with Gasteiger partial charge in [0.1, 0.15) is 0 Å². The van der Waals surface area contributed by atoms with Crippen molar-refractivity contribution in [2.75, 3.05) is 6.61 Å². The topological polar surface area (TPSA) is 64.3 Å². The second-order valence-corrected chi connectivity index (χ2v) is 4.08. The van der Waals surface area contributed by atoms with Gasteiger partial charge in [0.25, 0.3) is 0 Å². The predicted molar refractivity (Wildman–Crippen MR) is 54.3 cm³/mol. The number of nitrogens with two attached hydrogens (primary N) is 1. The van der Waals surface area contributed by atoms with Crippen molar-refractivity contribution in [1.29, 1.82) is 0 Å². The Morgan fingerprint density at radius 3 is 3.00 bits per heavy atom. The monoisotopic (exact) mass is 200 g/mol. The van der Waals surface area contributed by atoms with Crippen LogP contribution in [-0.4, -0.2) is 18.6 Å². The van der Waals surface area contributed by atoms with Gasteiger partial charge in [0.2, 0.25) is 5.91 Å². The highest BCUT2D eigenvalue weighted by molar-refractivity contribution is 5.75. The summed E-state index contributed by atoms with van der Waals surface area (Å²) < 4.78 is 5.61. The molecule has 3 N–H and O–H groups in total. The minimum absolute atomic E-state index is 0.158. The van der Waals surface area contributed by atoms with Crippen LogP contribution in [0.5, 0.6) is 0 Å². The molecule has 0 saturated heterocycles. The molecule has 0 bridgehead atoms. The summed E-state index contributed by atoms with van der Waals surface area (Å²) in [5.41, 5.74) is 2.09. The SMILES string of the molecule is CC1CCCC(OCCC(=O)NN)C1. The lowest BCUT2D eigenvalue weighted by Gasteiger charge is -2.26. The summed E-state index contributed by atoms with van der Waals surface area (Å²) in [6, 6.07) is 0. The fraction of sp³-hybridized carbons (Fsp3) is 0.900. The van der Waals surface area contributed by atoms with E-state index in [0.717, 1.165) is 18.8 Å². The second kappa shape index (κ2) is 5.98. The molecule has 82 valence electrons. The van der Waals surface area contributed by atoms with Gasteiger partial charge in [-0.25, -0.2) is 5.84 Å². The van der Waals surface area contributed by atoms with Gasteiger partial charge in [-0.3, -0.25) is 10.2 Å². The molecule has 0 aromatic rings. The number of hydrogen-bond acceptors (Lipinski definition) is 3. The Labute approximate surface area is 85.2 Å². The van der Waals surface area contributed by atoms with Crippen molar-refractivity contribution in [2.45, 2.75) is 45.1 Å². The molecule has 0 aromatic carbocycles. The van der Waals surface area contributed by atoms with Crippen molar-refractivity contribution in [3.8, 4) is 0 Å². The molecule has 1 fully saturated rings. The molecule has 4 heteroatoms. The molecule has 2 unspecified atom stereocenters. The summed E-state index contributed by atoms with van der Waals surface area (Å²) >= 11 is 0. The maximum absolute atomic E-state index is 10.8. The molecule has 0 spiro atoms. The van der Waals surface area contributed by atoms with E-state index in [1.165, 1.54) is 12.8 Å². The van der Waals surface area contributed by atoms with Gasteiger partial charge in [0.05, 0.1) is 19.1 Å². The molecule has 14 heavy (non-hydrogen) atoms. The van der Waals surface area contributed by atoms with Crippen molar-refractivity contribution in [3.05, 3.63) is 0 Å². The second-order valence-electron chi connectivity index (χ2n) is 4.08. The summed E-state index contributed by atoms with van der Waals surface area (Å²) in [7, 11) is 0. The predicted octanol–water partition coefficient (Wildman–Crippen LogP) is 0.962. The van der Waals surface area contributed by atoms with Crippen LogP contribution in [0.2, 0.25) is 0 Å². The van der Waals surface area contributed by atoms with E-state index in [1.807, 2.05) is 0 Å². The average molecular weight is 200 g/mol. The maximum Gasteiger partial charge on any atom is 0.236 e. The van der Waals surface area contributed by atoms with E-state index in [4.69, 9.17) is 10.6 Å². The third-order valence-corrected chi connectivity index (χ3v) is 2.73. The number of rotatable bonds is 4. The zero-order chi connectivity index (χ0) is 10.4. The van der Waals surface area contributed by atoms with E-state index in [0.29, 0.717) is 19.1 Å². The third kappa shape index (κ3) is 4.07. The molecule has 0 heterocycles. The van der Waals surface area contributed by atoms with Crippen molar-refractivity contribution >= 4 is 5.91 Å². The Morgan fingerprint density at radius 2 is 2.36 bits per heavy atom. The molecule has 0 radical (unpaired) electrons.